The predicted molar refractivity (Wildman–Crippen MR) is 71.1 cm³/mol. The lowest BCUT2D eigenvalue weighted by molar-refractivity contribution is 0.552. The third kappa shape index (κ3) is 2.55. The Balaban J connectivity index is 2.47. The topological polar surface area (TPSA) is 58.0 Å². The molecule has 0 amide bonds. The second kappa shape index (κ2) is 4.97. The summed E-state index contributed by atoms with van der Waals surface area (Å²) in [6, 6.07) is 0. The van der Waals surface area contributed by atoms with Gasteiger partial charge in [-0.15, -0.1) is 5.10 Å². The minimum absolute atomic E-state index is 0.294. The quantitative estimate of drug-likeness (QED) is 0.866. The molecule has 2 aromatic heterocycles. The maximum absolute atomic E-state index is 5.35. The van der Waals surface area contributed by atoms with Crippen molar-refractivity contribution in [2.45, 2.75) is 19.8 Å². The summed E-state index contributed by atoms with van der Waals surface area (Å²) in [6.45, 7) is 2.12. The van der Waals surface area contributed by atoms with Crippen LogP contribution >= 0.6 is 23.6 Å². The third-order valence-corrected chi connectivity index (χ3v) is 3.62. The van der Waals surface area contributed by atoms with Crippen molar-refractivity contribution < 1.29 is 4.42 Å². The van der Waals surface area contributed by atoms with E-state index in [1.165, 1.54) is 0 Å². The lowest BCUT2D eigenvalue weighted by atomic mass is 10.2. The number of hydrogen-bond acceptors (Lipinski definition) is 6. The summed E-state index contributed by atoms with van der Waals surface area (Å²) in [6.07, 6.45) is 1.95. The molecule has 2 rings (SSSR count). The molecule has 0 bridgehead atoms. The minimum atomic E-state index is 0.294. The van der Waals surface area contributed by atoms with E-state index in [1.54, 1.807) is 11.3 Å². The van der Waals surface area contributed by atoms with Gasteiger partial charge < -0.3 is 9.32 Å². The van der Waals surface area contributed by atoms with E-state index in [4.69, 9.17) is 16.6 Å². The van der Waals surface area contributed by atoms with E-state index in [0.717, 1.165) is 28.5 Å². The summed E-state index contributed by atoms with van der Waals surface area (Å²) in [5.74, 6) is 0.532. The second-order valence-electron chi connectivity index (χ2n) is 3.83. The van der Waals surface area contributed by atoms with Crippen molar-refractivity contribution in [2.75, 3.05) is 19.0 Å². The zero-order valence-corrected chi connectivity index (χ0v) is 11.6. The van der Waals surface area contributed by atoms with E-state index in [2.05, 4.69) is 22.1 Å². The van der Waals surface area contributed by atoms with Gasteiger partial charge in [-0.25, -0.2) is 10.1 Å². The summed E-state index contributed by atoms with van der Waals surface area (Å²) in [7, 11) is 3.94. The Morgan fingerprint density at radius 3 is 2.76 bits per heavy atom. The summed E-state index contributed by atoms with van der Waals surface area (Å²) in [5, 5.41) is 7.65. The molecule has 2 heterocycles. The smallest absolute Gasteiger partial charge is 0.284 e. The average molecular weight is 270 g/mol. The van der Waals surface area contributed by atoms with E-state index < -0.39 is 0 Å². The predicted octanol–water partition coefficient (Wildman–Crippen LogP) is 2.87. The minimum Gasteiger partial charge on any atom is -0.408 e. The van der Waals surface area contributed by atoms with Crippen LogP contribution in [0.4, 0.5) is 5.13 Å². The van der Waals surface area contributed by atoms with Gasteiger partial charge in [0.1, 0.15) is 4.88 Å². The van der Waals surface area contributed by atoms with E-state index in [9.17, 15) is 0 Å². The standard InChI is InChI=1S/C10H14N4OS2/c1-4-5-6-7(8-12-13-10(16)15-8)17-9(11-6)14(2)3/h4-5H2,1-3H3,(H,13,16). The molecule has 0 spiro atoms. The Bertz CT molecular complexity index is 555. The molecule has 1 N–H and O–H groups in total. The van der Waals surface area contributed by atoms with Crippen LogP contribution in [0.25, 0.3) is 10.8 Å². The number of rotatable bonds is 4. The zero-order valence-electron chi connectivity index (χ0n) is 9.98. The van der Waals surface area contributed by atoms with Gasteiger partial charge in [-0.2, -0.15) is 0 Å². The van der Waals surface area contributed by atoms with Gasteiger partial charge in [0.2, 0.25) is 0 Å². The van der Waals surface area contributed by atoms with Crippen molar-refractivity contribution in [3.05, 3.63) is 10.5 Å². The first-order valence-corrected chi connectivity index (χ1v) is 6.57. The van der Waals surface area contributed by atoms with Crippen molar-refractivity contribution in [1.29, 1.82) is 0 Å². The van der Waals surface area contributed by atoms with Gasteiger partial charge in [0.05, 0.1) is 5.69 Å². The largest absolute Gasteiger partial charge is 0.408 e. The van der Waals surface area contributed by atoms with Crippen LogP contribution in [0.3, 0.4) is 0 Å². The van der Waals surface area contributed by atoms with Crippen molar-refractivity contribution >= 4 is 28.7 Å². The lowest BCUT2D eigenvalue weighted by Crippen LogP contribution is -2.07. The summed E-state index contributed by atoms with van der Waals surface area (Å²) < 4.78 is 5.35. The maximum atomic E-state index is 5.35. The normalized spacial score (nSPS) is 10.8. The number of anilines is 1. The second-order valence-corrected chi connectivity index (χ2v) is 5.18. The fourth-order valence-corrected chi connectivity index (χ4v) is 2.52. The van der Waals surface area contributed by atoms with Gasteiger partial charge in [-0.05, 0) is 18.6 Å². The average Bonchev–Trinajstić information content (AvgIpc) is 2.85. The number of H-pyrrole nitrogens is 1. The fraction of sp³-hybridized carbons (Fsp3) is 0.500. The Labute approximate surface area is 108 Å². The Morgan fingerprint density at radius 1 is 1.47 bits per heavy atom. The van der Waals surface area contributed by atoms with Crippen LogP contribution in [-0.2, 0) is 6.42 Å². The van der Waals surface area contributed by atoms with Crippen LogP contribution in [0.15, 0.2) is 4.42 Å². The molecular weight excluding hydrogens is 256 g/mol. The van der Waals surface area contributed by atoms with E-state index in [-0.39, 0.29) is 0 Å². The highest BCUT2D eigenvalue weighted by atomic mass is 32.1. The molecular formula is C10H14N4OS2. The van der Waals surface area contributed by atoms with Crippen LogP contribution in [0.2, 0.25) is 0 Å². The SMILES string of the molecule is CCCc1nc(N(C)C)sc1-c1n[nH]c(=S)o1. The molecule has 7 heteroatoms. The van der Waals surface area contributed by atoms with Crippen molar-refractivity contribution in [2.24, 2.45) is 0 Å². The first kappa shape index (κ1) is 12.3. The van der Waals surface area contributed by atoms with Crippen molar-refractivity contribution in [3.63, 3.8) is 0 Å². The first-order valence-electron chi connectivity index (χ1n) is 5.34. The third-order valence-electron chi connectivity index (χ3n) is 2.19. The molecule has 17 heavy (non-hydrogen) atoms. The Hall–Kier alpha value is -1.21. The van der Waals surface area contributed by atoms with Gasteiger partial charge in [-0.1, -0.05) is 24.7 Å². The molecule has 0 aliphatic carbocycles. The van der Waals surface area contributed by atoms with E-state index >= 15 is 0 Å². The maximum Gasteiger partial charge on any atom is 0.284 e. The lowest BCUT2D eigenvalue weighted by Gasteiger charge is -2.05. The number of aromatic nitrogens is 3. The van der Waals surface area contributed by atoms with Gasteiger partial charge >= 0.3 is 0 Å². The van der Waals surface area contributed by atoms with Crippen molar-refractivity contribution in [3.8, 4) is 10.8 Å². The molecule has 0 fully saturated rings. The molecule has 0 saturated carbocycles. The van der Waals surface area contributed by atoms with Crippen LogP contribution in [0, 0.1) is 4.84 Å². The fourth-order valence-electron chi connectivity index (χ4n) is 1.43. The Kier molecular flexibility index (Phi) is 3.58. The molecule has 2 aromatic rings. The summed E-state index contributed by atoms with van der Waals surface area (Å²) in [5.41, 5.74) is 1.02. The monoisotopic (exact) mass is 270 g/mol. The van der Waals surface area contributed by atoms with E-state index in [1.807, 2.05) is 19.0 Å². The first-order chi connectivity index (χ1) is 8.11. The molecule has 0 aromatic carbocycles. The van der Waals surface area contributed by atoms with Gasteiger partial charge in [-0.3, -0.25) is 0 Å². The van der Waals surface area contributed by atoms with Gasteiger partial charge in [0.15, 0.2) is 5.13 Å². The van der Waals surface area contributed by atoms with Crippen LogP contribution < -0.4 is 4.90 Å². The zero-order chi connectivity index (χ0) is 12.4. The highest BCUT2D eigenvalue weighted by molar-refractivity contribution is 7.71. The van der Waals surface area contributed by atoms with E-state index in [0.29, 0.717) is 10.7 Å². The number of nitrogens with zero attached hydrogens (tertiary/aromatic N) is 3. The van der Waals surface area contributed by atoms with Crippen LogP contribution in [-0.4, -0.2) is 29.3 Å². The molecule has 0 aliphatic rings. The molecule has 92 valence electrons. The molecule has 0 unspecified atom stereocenters. The molecule has 0 saturated heterocycles. The highest BCUT2D eigenvalue weighted by Gasteiger charge is 2.17. The Morgan fingerprint density at radius 2 is 2.24 bits per heavy atom. The van der Waals surface area contributed by atoms with Crippen molar-refractivity contribution in [1.82, 2.24) is 15.2 Å². The summed E-state index contributed by atoms with van der Waals surface area (Å²) >= 11 is 6.45. The number of hydrogen-bond donors (Lipinski definition) is 1. The number of thiazole rings is 1. The highest BCUT2D eigenvalue weighted by Crippen LogP contribution is 2.33. The molecule has 0 radical (unpaired) electrons. The van der Waals surface area contributed by atoms with Gasteiger partial charge in [0.25, 0.3) is 10.7 Å². The number of aryl methyl sites for hydroxylation is 1. The van der Waals surface area contributed by atoms with Crippen LogP contribution in [0.1, 0.15) is 19.0 Å². The molecule has 0 aliphatic heterocycles. The molecule has 5 nitrogen and oxygen atoms in total. The summed E-state index contributed by atoms with van der Waals surface area (Å²) in [4.78, 5) is 7.82. The number of aromatic amines is 1. The van der Waals surface area contributed by atoms with Crippen LogP contribution in [0.5, 0.6) is 0 Å². The molecule has 0 atom stereocenters. The number of nitrogens with one attached hydrogen (secondary N) is 1. The van der Waals surface area contributed by atoms with Gasteiger partial charge in [0, 0.05) is 14.1 Å².